The standard InChI is InChI=1S/C13H11NO3S/c1-18-10-4-2-3-8(5-10)9-6-11(13(16)17)12(15)14-7-9/h2-7H,1H3,(H,14,15)(H,16,17). The van der Waals surface area contributed by atoms with Crippen molar-refractivity contribution in [2.24, 2.45) is 0 Å². The fourth-order valence-electron chi connectivity index (χ4n) is 1.61. The fourth-order valence-corrected chi connectivity index (χ4v) is 2.07. The van der Waals surface area contributed by atoms with Gasteiger partial charge in [0.1, 0.15) is 5.56 Å². The molecule has 0 unspecified atom stereocenters. The predicted molar refractivity (Wildman–Crippen MR) is 71.2 cm³/mol. The molecule has 18 heavy (non-hydrogen) atoms. The van der Waals surface area contributed by atoms with Crippen LogP contribution in [0.2, 0.25) is 0 Å². The van der Waals surface area contributed by atoms with E-state index in [4.69, 9.17) is 5.11 Å². The van der Waals surface area contributed by atoms with Crippen molar-refractivity contribution >= 4 is 17.7 Å². The summed E-state index contributed by atoms with van der Waals surface area (Å²) in [6, 6.07) is 9.08. The minimum atomic E-state index is -1.22. The monoisotopic (exact) mass is 261 g/mol. The van der Waals surface area contributed by atoms with Crippen LogP contribution in [-0.2, 0) is 0 Å². The lowest BCUT2D eigenvalue weighted by Gasteiger charge is -2.04. The lowest BCUT2D eigenvalue weighted by atomic mass is 10.1. The molecule has 0 radical (unpaired) electrons. The van der Waals surface area contributed by atoms with Crippen LogP contribution in [0, 0.1) is 0 Å². The molecule has 2 N–H and O–H groups in total. The Morgan fingerprint density at radius 3 is 2.72 bits per heavy atom. The first-order valence-electron chi connectivity index (χ1n) is 5.22. The highest BCUT2D eigenvalue weighted by Gasteiger charge is 2.10. The van der Waals surface area contributed by atoms with Crippen molar-refractivity contribution in [1.82, 2.24) is 4.98 Å². The lowest BCUT2D eigenvalue weighted by molar-refractivity contribution is 0.0695. The van der Waals surface area contributed by atoms with Crippen molar-refractivity contribution in [3.05, 3.63) is 52.4 Å². The molecule has 5 heteroatoms. The summed E-state index contributed by atoms with van der Waals surface area (Å²) in [5, 5.41) is 8.91. The van der Waals surface area contributed by atoms with Crippen LogP contribution in [0.25, 0.3) is 11.1 Å². The molecule has 0 spiro atoms. The molecule has 0 saturated carbocycles. The van der Waals surface area contributed by atoms with Gasteiger partial charge < -0.3 is 10.1 Å². The maximum Gasteiger partial charge on any atom is 0.341 e. The Labute approximate surface area is 108 Å². The second-order valence-electron chi connectivity index (χ2n) is 3.67. The molecule has 0 atom stereocenters. The van der Waals surface area contributed by atoms with Gasteiger partial charge in [-0.3, -0.25) is 4.79 Å². The number of rotatable bonds is 3. The normalized spacial score (nSPS) is 10.3. The Kier molecular flexibility index (Phi) is 3.53. The van der Waals surface area contributed by atoms with Crippen molar-refractivity contribution < 1.29 is 9.90 Å². The maximum absolute atomic E-state index is 11.3. The highest BCUT2D eigenvalue weighted by atomic mass is 32.2. The minimum absolute atomic E-state index is 0.248. The van der Waals surface area contributed by atoms with Gasteiger partial charge in [0.15, 0.2) is 0 Å². The smallest absolute Gasteiger partial charge is 0.341 e. The summed E-state index contributed by atoms with van der Waals surface area (Å²) < 4.78 is 0. The summed E-state index contributed by atoms with van der Waals surface area (Å²) >= 11 is 1.60. The van der Waals surface area contributed by atoms with Crippen LogP contribution in [0.15, 0.2) is 46.2 Å². The first kappa shape index (κ1) is 12.4. The van der Waals surface area contributed by atoms with Gasteiger partial charge in [0.25, 0.3) is 5.56 Å². The van der Waals surface area contributed by atoms with E-state index in [0.29, 0.717) is 5.56 Å². The molecule has 92 valence electrons. The number of nitrogens with one attached hydrogen (secondary N) is 1. The molecule has 0 fully saturated rings. The second-order valence-corrected chi connectivity index (χ2v) is 4.55. The van der Waals surface area contributed by atoms with Crippen LogP contribution in [-0.4, -0.2) is 22.3 Å². The number of aromatic carboxylic acids is 1. The molecule has 1 aromatic heterocycles. The van der Waals surface area contributed by atoms with Gasteiger partial charge in [0.2, 0.25) is 0 Å². The summed E-state index contributed by atoms with van der Waals surface area (Å²) in [5.41, 5.74) is 0.720. The number of hydrogen-bond donors (Lipinski definition) is 2. The molecule has 0 aliphatic rings. The number of thioether (sulfide) groups is 1. The number of benzene rings is 1. The molecule has 0 saturated heterocycles. The number of carboxylic acid groups (broad SMARTS) is 1. The average molecular weight is 261 g/mol. The zero-order chi connectivity index (χ0) is 13.1. The number of carboxylic acids is 1. The fraction of sp³-hybridized carbons (Fsp3) is 0.0769. The van der Waals surface area contributed by atoms with Crippen molar-refractivity contribution in [2.75, 3.05) is 6.26 Å². The van der Waals surface area contributed by atoms with Crippen molar-refractivity contribution in [1.29, 1.82) is 0 Å². The summed E-state index contributed by atoms with van der Waals surface area (Å²) in [6.45, 7) is 0. The van der Waals surface area contributed by atoms with Gasteiger partial charge >= 0.3 is 5.97 Å². The van der Waals surface area contributed by atoms with Gasteiger partial charge in [0, 0.05) is 11.1 Å². The third-order valence-corrected chi connectivity index (χ3v) is 3.26. The number of H-pyrrole nitrogens is 1. The van der Waals surface area contributed by atoms with Gasteiger partial charge in [-0.1, -0.05) is 12.1 Å². The van der Waals surface area contributed by atoms with E-state index in [1.807, 2.05) is 30.5 Å². The maximum atomic E-state index is 11.3. The first-order valence-corrected chi connectivity index (χ1v) is 6.45. The molecule has 0 bridgehead atoms. The molecular weight excluding hydrogens is 250 g/mol. The Hall–Kier alpha value is -2.01. The average Bonchev–Trinajstić information content (AvgIpc) is 2.39. The Bertz CT molecular complexity index is 649. The third-order valence-electron chi connectivity index (χ3n) is 2.54. The number of aromatic amines is 1. The second kappa shape index (κ2) is 5.10. The van der Waals surface area contributed by atoms with Crippen molar-refractivity contribution in [2.45, 2.75) is 4.90 Å². The predicted octanol–water partition coefficient (Wildman–Crippen LogP) is 2.46. The van der Waals surface area contributed by atoms with E-state index >= 15 is 0 Å². The largest absolute Gasteiger partial charge is 0.477 e. The molecule has 0 aliphatic carbocycles. The number of aromatic nitrogens is 1. The third kappa shape index (κ3) is 2.46. The van der Waals surface area contributed by atoms with Crippen LogP contribution >= 0.6 is 11.8 Å². The number of carbonyl (C=O) groups is 1. The first-order chi connectivity index (χ1) is 8.61. The molecule has 1 heterocycles. The molecular formula is C13H11NO3S. The van der Waals surface area contributed by atoms with Crippen LogP contribution < -0.4 is 5.56 Å². The lowest BCUT2D eigenvalue weighted by Crippen LogP contribution is -2.16. The van der Waals surface area contributed by atoms with Crippen LogP contribution in [0.1, 0.15) is 10.4 Å². The van der Waals surface area contributed by atoms with Crippen LogP contribution in [0.4, 0.5) is 0 Å². The zero-order valence-electron chi connectivity index (χ0n) is 9.64. The summed E-state index contributed by atoms with van der Waals surface area (Å²) in [5.74, 6) is -1.22. The van der Waals surface area contributed by atoms with Crippen molar-refractivity contribution in [3.8, 4) is 11.1 Å². The SMILES string of the molecule is CSc1cccc(-c2c[nH]c(=O)c(C(=O)O)c2)c1. The van der Waals surface area contributed by atoms with E-state index in [0.717, 1.165) is 10.5 Å². The molecule has 2 rings (SSSR count). The van der Waals surface area contributed by atoms with E-state index < -0.39 is 11.5 Å². The molecule has 2 aromatic rings. The number of pyridine rings is 1. The Morgan fingerprint density at radius 2 is 2.06 bits per heavy atom. The van der Waals surface area contributed by atoms with Gasteiger partial charge in [-0.25, -0.2) is 4.79 Å². The summed E-state index contributed by atoms with van der Waals surface area (Å²) in [4.78, 5) is 25.8. The molecule has 0 aliphatic heterocycles. The van der Waals surface area contributed by atoms with Crippen LogP contribution in [0.3, 0.4) is 0 Å². The van der Waals surface area contributed by atoms with Gasteiger partial charge in [-0.15, -0.1) is 11.8 Å². The van der Waals surface area contributed by atoms with E-state index in [-0.39, 0.29) is 5.56 Å². The topological polar surface area (TPSA) is 70.2 Å². The molecule has 0 amide bonds. The Balaban J connectivity index is 2.54. The van der Waals surface area contributed by atoms with E-state index in [1.165, 1.54) is 12.3 Å². The van der Waals surface area contributed by atoms with E-state index in [9.17, 15) is 9.59 Å². The van der Waals surface area contributed by atoms with Gasteiger partial charge in [-0.2, -0.15) is 0 Å². The zero-order valence-corrected chi connectivity index (χ0v) is 10.5. The van der Waals surface area contributed by atoms with Gasteiger partial charge in [0.05, 0.1) is 0 Å². The van der Waals surface area contributed by atoms with E-state index in [2.05, 4.69) is 4.98 Å². The summed E-state index contributed by atoms with van der Waals surface area (Å²) in [6.07, 6.45) is 3.49. The summed E-state index contributed by atoms with van der Waals surface area (Å²) in [7, 11) is 0. The quantitative estimate of drug-likeness (QED) is 0.833. The number of hydrogen-bond acceptors (Lipinski definition) is 3. The molecule has 4 nitrogen and oxygen atoms in total. The van der Waals surface area contributed by atoms with Gasteiger partial charge in [-0.05, 0) is 35.6 Å². The van der Waals surface area contributed by atoms with Crippen molar-refractivity contribution in [3.63, 3.8) is 0 Å². The Morgan fingerprint density at radius 1 is 1.28 bits per heavy atom. The highest BCUT2D eigenvalue weighted by molar-refractivity contribution is 7.98. The van der Waals surface area contributed by atoms with Crippen LogP contribution in [0.5, 0.6) is 0 Å². The molecule has 1 aromatic carbocycles. The highest BCUT2D eigenvalue weighted by Crippen LogP contribution is 2.23. The minimum Gasteiger partial charge on any atom is -0.477 e. The van der Waals surface area contributed by atoms with E-state index in [1.54, 1.807) is 11.8 Å².